The number of aromatic amines is 1. The largest absolute Gasteiger partial charge is 0.457 e. The Kier molecular flexibility index (Phi) is 5.35. The summed E-state index contributed by atoms with van der Waals surface area (Å²) in [7, 11) is 2.05. The topological polar surface area (TPSA) is 71.1 Å². The third-order valence-electron chi connectivity index (χ3n) is 5.98. The Hall–Kier alpha value is -3.67. The van der Waals surface area contributed by atoms with Crippen LogP contribution >= 0.6 is 0 Å². The lowest BCUT2D eigenvalue weighted by Gasteiger charge is -2.22. The highest BCUT2D eigenvalue weighted by Gasteiger charge is 2.22. The second-order valence-corrected chi connectivity index (χ2v) is 8.48. The third-order valence-corrected chi connectivity index (χ3v) is 5.98. The first-order chi connectivity index (χ1) is 15.6. The van der Waals surface area contributed by atoms with Crippen LogP contribution in [0.25, 0.3) is 22.3 Å². The van der Waals surface area contributed by atoms with E-state index in [0.29, 0.717) is 6.42 Å². The van der Waals surface area contributed by atoms with Crippen LogP contribution in [0.3, 0.4) is 0 Å². The number of hydrogen-bond acceptors (Lipinski definition) is 5. The lowest BCUT2D eigenvalue weighted by molar-refractivity contribution is -0.154. The molecular weight excluding hydrogens is 400 g/mol. The quantitative estimate of drug-likeness (QED) is 0.436. The van der Waals surface area contributed by atoms with Crippen LogP contribution in [-0.4, -0.2) is 28.0 Å². The minimum atomic E-state index is -0.138. The van der Waals surface area contributed by atoms with E-state index in [2.05, 4.69) is 76.3 Å². The second kappa shape index (κ2) is 8.46. The van der Waals surface area contributed by atoms with E-state index < -0.39 is 0 Å². The molecule has 1 atom stereocenters. The van der Waals surface area contributed by atoms with E-state index in [-0.39, 0.29) is 12.1 Å². The number of nitrogens with one attached hydrogen (secondary N) is 1. The monoisotopic (exact) mass is 426 g/mol. The first-order valence-electron chi connectivity index (χ1n) is 11.0. The van der Waals surface area contributed by atoms with Gasteiger partial charge in [-0.25, -0.2) is 9.97 Å². The number of cyclic esters (lactones) is 1. The molecule has 0 spiro atoms. The predicted molar refractivity (Wildman–Crippen MR) is 125 cm³/mol. The molecule has 162 valence electrons. The average Bonchev–Trinajstić information content (AvgIpc) is 3.24. The fourth-order valence-corrected chi connectivity index (χ4v) is 4.37. The Labute approximate surface area is 187 Å². The van der Waals surface area contributed by atoms with E-state index >= 15 is 0 Å². The van der Waals surface area contributed by atoms with Gasteiger partial charge < -0.3 is 14.6 Å². The smallest absolute Gasteiger partial charge is 0.306 e. The van der Waals surface area contributed by atoms with Gasteiger partial charge in [-0.2, -0.15) is 0 Å². The molecule has 0 aliphatic carbocycles. The van der Waals surface area contributed by atoms with Gasteiger partial charge in [-0.3, -0.25) is 4.79 Å². The molecule has 4 aromatic rings. The molecule has 0 radical (unpaired) electrons. The summed E-state index contributed by atoms with van der Waals surface area (Å²) >= 11 is 0. The maximum atomic E-state index is 11.6. The maximum Gasteiger partial charge on any atom is 0.306 e. The normalized spacial score (nSPS) is 16.2. The highest BCUT2D eigenvalue weighted by atomic mass is 16.5. The number of carbonyl (C=O) groups is 1. The van der Waals surface area contributed by atoms with Gasteiger partial charge in [-0.1, -0.05) is 54.1 Å². The molecule has 1 N–H and O–H groups in total. The summed E-state index contributed by atoms with van der Waals surface area (Å²) in [5.74, 6) is 0.784. The third kappa shape index (κ3) is 4.08. The van der Waals surface area contributed by atoms with Gasteiger partial charge in [-0.05, 0) is 42.5 Å². The van der Waals surface area contributed by atoms with Crippen LogP contribution in [-0.2, 0) is 16.1 Å². The first-order valence-corrected chi connectivity index (χ1v) is 11.0. The van der Waals surface area contributed by atoms with Gasteiger partial charge in [0.2, 0.25) is 0 Å². The van der Waals surface area contributed by atoms with Crippen molar-refractivity contribution in [3.8, 4) is 11.3 Å². The van der Waals surface area contributed by atoms with Crippen LogP contribution in [0.5, 0.6) is 0 Å². The number of aryl methyl sites for hydroxylation is 1. The molecule has 5 rings (SSSR count). The molecule has 6 nitrogen and oxygen atoms in total. The molecule has 0 bridgehead atoms. The van der Waals surface area contributed by atoms with Crippen molar-refractivity contribution in [3.63, 3.8) is 0 Å². The van der Waals surface area contributed by atoms with Gasteiger partial charge in [0.05, 0.1) is 5.39 Å². The number of H-pyrrole nitrogens is 1. The highest BCUT2D eigenvalue weighted by molar-refractivity contribution is 5.91. The number of nitrogens with zero attached hydrogens (tertiary/aromatic N) is 3. The summed E-state index contributed by atoms with van der Waals surface area (Å²) in [6.45, 7) is 2.87. The number of carbonyl (C=O) groups excluding carboxylic acids is 1. The average molecular weight is 427 g/mol. The molecular formula is C26H26N4O2. The Morgan fingerprint density at radius 2 is 1.97 bits per heavy atom. The van der Waals surface area contributed by atoms with Crippen molar-refractivity contribution in [1.82, 2.24) is 15.0 Å². The summed E-state index contributed by atoms with van der Waals surface area (Å²) < 4.78 is 5.49. The van der Waals surface area contributed by atoms with Crippen LogP contribution in [0.2, 0.25) is 0 Å². The zero-order chi connectivity index (χ0) is 22.1. The summed E-state index contributed by atoms with van der Waals surface area (Å²) in [4.78, 5) is 26.2. The van der Waals surface area contributed by atoms with Crippen molar-refractivity contribution in [2.24, 2.45) is 0 Å². The first kappa shape index (κ1) is 20.2. The number of esters is 1. The lowest BCUT2D eigenvalue weighted by atomic mass is 9.99. The molecule has 1 aliphatic rings. The molecule has 2 aromatic heterocycles. The van der Waals surface area contributed by atoms with Gasteiger partial charge in [-0.15, -0.1) is 0 Å². The number of fused-ring (bicyclic) bond motifs is 1. The van der Waals surface area contributed by atoms with Crippen LogP contribution in [0, 0.1) is 6.92 Å². The van der Waals surface area contributed by atoms with E-state index in [1.165, 1.54) is 11.1 Å². The molecule has 0 amide bonds. The Morgan fingerprint density at radius 3 is 2.75 bits per heavy atom. The molecule has 3 heterocycles. The van der Waals surface area contributed by atoms with Crippen molar-refractivity contribution in [1.29, 1.82) is 0 Å². The molecule has 1 saturated heterocycles. The van der Waals surface area contributed by atoms with E-state index in [9.17, 15) is 4.79 Å². The standard InChI is InChI=1S/C26H26N4O2/c1-17-5-3-6-18(13-17)15-30(2)26-21-14-22(29-25(21)27-16-28-26)19-9-11-20(12-10-19)23-7-4-8-24(31)32-23/h3,5-6,9-14,16,23H,4,7-8,15H2,1-2H3,(H,27,28,29). The molecule has 1 fully saturated rings. The molecule has 32 heavy (non-hydrogen) atoms. The molecule has 2 aromatic carbocycles. The Balaban J connectivity index is 1.41. The van der Waals surface area contributed by atoms with Gasteiger partial charge in [0.25, 0.3) is 0 Å². The summed E-state index contributed by atoms with van der Waals surface area (Å²) in [6, 6.07) is 18.8. The van der Waals surface area contributed by atoms with Gasteiger partial charge in [0.15, 0.2) is 0 Å². The van der Waals surface area contributed by atoms with Gasteiger partial charge in [0, 0.05) is 25.7 Å². The summed E-state index contributed by atoms with van der Waals surface area (Å²) in [5, 5.41) is 0.989. The molecule has 1 aliphatic heterocycles. The fraction of sp³-hybridized carbons (Fsp3) is 0.269. The molecule has 1 unspecified atom stereocenters. The summed E-state index contributed by atoms with van der Waals surface area (Å²) in [6.07, 6.45) is 3.74. The van der Waals surface area contributed by atoms with Gasteiger partial charge >= 0.3 is 5.97 Å². The van der Waals surface area contributed by atoms with Crippen LogP contribution in [0.1, 0.15) is 42.1 Å². The van der Waals surface area contributed by atoms with Crippen LogP contribution < -0.4 is 4.90 Å². The molecule has 0 saturated carbocycles. The van der Waals surface area contributed by atoms with Crippen molar-refractivity contribution in [2.45, 2.75) is 38.8 Å². The van der Waals surface area contributed by atoms with Crippen LogP contribution in [0.15, 0.2) is 60.9 Å². The minimum absolute atomic E-state index is 0.109. The number of ether oxygens (including phenoxy) is 1. The zero-order valence-electron chi connectivity index (χ0n) is 18.3. The number of anilines is 1. The van der Waals surface area contributed by atoms with E-state index in [0.717, 1.165) is 53.1 Å². The van der Waals surface area contributed by atoms with Gasteiger partial charge in [0.1, 0.15) is 23.9 Å². The number of benzene rings is 2. The van der Waals surface area contributed by atoms with Crippen molar-refractivity contribution in [2.75, 3.05) is 11.9 Å². The maximum absolute atomic E-state index is 11.6. The lowest BCUT2D eigenvalue weighted by Crippen LogP contribution is -2.18. The van der Waals surface area contributed by atoms with Crippen molar-refractivity contribution >= 4 is 22.8 Å². The number of hydrogen-bond donors (Lipinski definition) is 1. The van der Waals surface area contributed by atoms with Crippen molar-refractivity contribution < 1.29 is 9.53 Å². The van der Waals surface area contributed by atoms with Crippen molar-refractivity contribution in [3.05, 3.63) is 77.6 Å². The highest BCUT2D eigenvalue weighted by Crippen LogP contribution is 2.32. The predicted octanol–water partition coefficient (Wildman–Crippen LogP) is 5.34. The SMILES string of the molecule is Cc1cccc(CN(C)c2ncnc3[nH]c(-c4ccc(C5CCCC(=O)O5)cc4)cc23)c1. The van der Waals surface area contributed by atoms with E-state index in [1.54, 1.807) is 6.33 Å². The summed E-state index contributed by atoms with van der Waals surface area (Å²) in [5.41, 5.74) is 6.38. The Bertz CT molecular complexity index is 1260. The molecule has 6 heteroatoms. The van der Waals surface area contributed by atoms with E-state index in [1.807, 2.05) is 12.1 Å². The van der Waals surface area contributed by atoms with E-state index in [4.69, 9.17) is 4.74 Å². The fourth-order valence-electron chi connectivity index (χ4n) is 4.37. The van der Waals surface area contributed by atoms with Crippen LogP contribution in [0.4, 0.5) is 5.82 Å². The number of rotatable bonds is 5. The minimum Gasteiger partial charge on any atom is -0.457 e. The Morgan fingerprint density at radius 1 is 1.12 bits per heavy atom. The number of aromatic nitrogens is 3. The zero-order valence-corrected chi connectivity index (χ0v) is 18.3. The second-order valence-electron chi connectivity index (χ2n) is 8.48.